The van der Waals surface area contributed by atoms with Crippen LogP contribution < -0.4 is 0 Å². The third kappa shape index (κ3) is 2.72. The van der Waals surface area contributed by atoms with Crippen molar-refractivity contribution in [1.82, 2.24) is 5.06 Å². The van der Waals surface area contributed by atoms with Gasteiger partial charge in [0.2, 0.25) is 0 Å². The lowest BCUT2D eigenvalue weighted by Gasteiger charge is -2.47. The van der Waals surface area contributed by atoms with E-state index in [0.717, 1.165) is 26.1 Å². The van der Waals surface area contributed by atoms with Crippen LogP contribution in [0, 0.1) is 5.92 Å². The molecule has 0 spiro atoms. The maximum absolute atomic E-state index is 10.2. The Bertz CT molecular complexity index is 314. The number of rotatable bonds is 2. The molecule has 3 nitrogen and oxygen atoms in total. The topological polar surface area (TPSA) is 32.7 Å². The van der Waals surface area contributed by atoms with E-state index in [4.69, 9.17) is 4.74 Å². The smallest absolute Gasteiger partial charge is 0.0592 e. The van der Waals surface area contributed by atoms with E-state index < -0.39 is 0 Å². The van der Waals surface area contributed by atoms with E-state index >= 15 is 0 Å². The molecule has 0 aromatic heterocycles. The van der Waals surface area contributed by atoms with Gasteiger partial charge in [0.1, 0.15) is 0 Å². The predicted molar refractivity (Wildman–Crippen MR) is 68.0 cm³/mol. The van der Waals surface area contributed by atoms with Crippen molar-refractivity contribution < 1.29 is 9.94 Å². The van der Waals surface area contributed by atoms with Crippen molar-refractivity contribution >= 4 is 0 Å². The molecular weight excluding hydrogens is 214 g/mol. The molecule has 0 radical (unpaired) electrons. The molecule has 0 aromatic carbocycles. The van der Waals surface area contributed by atoms with Crippen LogP contribution in [0.4, 0.5) is 0 Å². The zero-order valence-electron chi connectivity index (χ0n) is 11.5. The highest BCUT2D eigenvalue weighted by Crippen LogP contribution is 2.38. The Kier molecular flexibility index (Phi) is 3.36. The molecule has 0 aliphatic carbocycles. The van der Waals surface area contributed by atoms with Crippen molar-refractivity contribution in [3.63, 3.8) is 0 Å². The number of ether oxygens (including phenoxy) is 1. The van der Waals surface area contributed by atoms with Gasteiger partial charge in [0, 0.05) is 18.8 Å². The van der Waals surface area contributed by atoms with Crippen molar-refractivity contribution in [2.75, 3.05) is 13.2 Å². The second kappa shape index (κ2) is 4.38. The van der Waals surface area contributed by atoms with Gasteiger partial charge in [0.25, 0.3) is 0 Å². The zero-order chi connectivity index (χ0) is 12.7. The molecule has 0 amide bonds. The molecule has 2 heterocycles. The highest BCUT2D eigenvalue weighted by Gasteiger charge is 2.40. The summed E-state index contributed by atoms with van der Waals surface area (Å²) in [7, 11) is 0. The van der Waals surface area contributed by atoms with E-state index in [1.165, 1.54) is 17.1 Å². The molecule has 2 aliphatic heterocycles. The minimum atomic E-state index is -0.267. The number of nitrogens with zero attached hydrogens (tertiary/aromatic N) is 1. The second-order valence-corrected chi connectivity index (χ2v) is 6.69. The lowest BCUT2D eigenvalue weighted by Crippen LogP contribution is -2.55. The van der Waals surface area contributed by atoms with Crippen molar-refractivity contribution in [1.29, 1.82) is 0 Å². The Morgan fingerprint density at radius 2 is 2.12 bits per heavy atom. The van der Waals surface area contributed by atoms with Gasteiger partial charge in [-0.3, -0.25) is 0 Å². The first-order valence-corrected chi connectivity index (χ1v) is 6.59. The first-order chi connectivity index (χ1) is 7.81. The third-order valence-corrected chi connectivity index (χ3v) is 3.91. The van der Waals surface area contributed by atoms with Crippen molar-refractivity contribution in [3.8, 4) is 0 Å². The van der Waals surface area contributed by atoms with E-state index in [2.05, 4.69) is 33.8 Å². The average molecular weight is 239 g/mol. The lowest BCUT2D eigenvalue weighted by molar-refractivity contribution is -0.214. The highest BCUT2D eigenvalue weighted by atomic mass is 16.5. The Balaban J connectivity index is 2.11. The Morgan fingerprint density at radius 3 is 2.65 bits per heavy atom. The van der Waals surface area contributed by atoms with E-state index in [1.54, 1.807) is 0 Å². The molecule has 98 valence electrons. The van der Waals surface area contributed by atoms with Crippen LogP contribution in [-0.2, 0) is 4.74 Å². The first-order valence-electron chi connectivity index (χ1n) is 6.59. The van der Waals surface area contributed by atoms with Gasteiger partial charge in [0.05, 0.1) is 5.54 Å². The Morgan fingerprint density at radius 1 is 1.41 bits per heavy atom. The molecule has 2 aliphatic rings. The van der Waals surface area contributed by atoms with E-state index in [-0.39, 0.29) is 11.1 Å². The molecule has 0 bridgehead atoms. The van der Waals surface area contributed by atoms with Gasteiger partial charge in [-0.25, -0.2) is 0 Å². The minimum Gasteiger partial charge on any atom is -0.381 e. The molecule has 1 atom stereocenters. The average Bonchev–Trinajstić information content (AvgIpc) is 2.65. The molecular formula is C14H25NO2. The standard InChI is InChI=1S/C14H25NO2/c1-13(2)8-12(7-11-5-6-17-10-11)9-14(3,4)15(13)16/h8,11,16H,5-7,9-10H2,1-4H3. The molecule has 3 heteroatoms. The maximum Gasteiger partial charge on any atom is 0.0592 e. The second-order valence-electron chi connectivity index (χ2n) is 6.69. The normalized spacial score (nSPS) is 32.5. The van der Waals surface area contributed by atoms with E-state index in [0.29, 0.717) is 5.92 Å². The van der Waals surface area contributed by atoms with Crippen molar-refractivity contribution in [3.05, 3.63) is 11.6 Å². The summed E-state index contributed by atoms with van der Waals surface area (Å²) in [5, 5.41) is 11.7. The largest absolute Gasteiger partial charge is 0.381 e. The monoisotopic (exact) mass is 239 g/mol. The van der Waals surface area contributed by atoms with Crippen molar-refractivity contribution in [2.24, 2.45) is 5.92 Å². The van der Waals surface area contributed by atoms with E-state index in [9.17, 15) is 5.21 Å². The zero-order valence-corrected chi connectivity index (χ0v) is 11.5. The summed E-state index contributed by atoms with van der Waals surface area (Å²) in [5.74, 6) is 0.679. The third-order valence-electron chi connectivity index (χ3n) is 3.91. The molecule has 0 saturated carbocycles. The SMILES string of the molecule is CC1(C)C=C(CC2CCOC2)CC(C)(C)N1O. The highest BCUT2D eigenvalue weighted by molar-refractivity contribution is 5.20. The van der Waals surface area contributed by atoms with Crippen LogP contribution in [0.3, 0.4) is 0 Å². The van der Waals surface area contributed by atoms with Crippen LogP contribution in [0.25, 0.3) is 0 Å². The fourth-order valence-corrected chi connectivity index (χ4v) is 3.27. The van der Waals surface area contributed by atoms with Crippen LogP contribution in [0.15, 0.2) is 11.6 Å². The number of hydrogen-bond acceptors (Lipinski definition) is 3. The van der Waals surface area contributed by atoms with Gasteiger partial charge in [-0.1, -0.05) is 11.6 Å². The van der Waals surface area contributed by atoms with Gasteiger partial charge < -0.3 is 9.94 Å². The maximum atomic E-state index is 10.2. The molecule has 0 aromatic rings. The molecule has 2 rings (SSSR count). The van der Waals surface area contributed by atoms with Crippen molar-refractivity contribution in [2.45, 2.75) is 58.0 Å². The Labute approximate surface area is 104 Å². The summed E-state index contributed by atoms with van der Waals surface area (Å²) < 4.78 is 5.44. The fourth-order valence-electron chi connectivity index (χ4n) is 3.27. The summed E-state index contributed by atoms with van der Waals surface area (Å²) >= 11 is 0. The number of hydrogen-bond donors (Lipinski definition) is 1. The Hall–Kier alpha value is -0.380. The summed E-state index contributed by atoms with van der Waals surface area (Å²) in [5.41, 5.74) is 1.03. The molecule has 1 fully saturated rings. The quantitative estimate of drug-likeness (QED) is 0.752. The van der Waals surface area contributed by atoms with Crippen LogP contribution in [0.1, 0.15) is 47.0 Å². The van der Waals surface area contributed by atoms with Gasteiger partial charge in [-0.2, -0.15) is 5.06 Å². The van der Waals surface area contributed by atoms with Crippen LogP contribution in [0.5, 0.6) is 0 Å². The molecule has 1 saturated heterocycles. The molecule has 17 heavy (non-hydrogen) atoms. The van der Waals surface area contributed by atoms with Crippen LogP contribution >= 0.6 is 0 Å². The van der Waals surface area contributed by atoms with Crippen LogP contribution in [-0.4, -0.2) is 34.6 Å². The minimum absolute atomic E-state index is 0.174. The fraction of sp³-hybridized carbons (Fsp3) is 0.857. The molecule has 1 unspecified atom stereocenters. The van der Waals surface area contributed by atoms with Gasteiger partial charge in [-0.15, -0.1) is 0 Å². The molecule has 1 N–H and O–H groups in total. The van der Waals surface area contributed by atoms with Crippen LogP contribution in [0.2, 0.25) is 0 Å². The summed E-state index contributed by atoms with van der Waals surface area (Å²) in [4.78, 5) is 0. The predicted octanol–water partition coefficient (Wildman–Crippen LogP) is 2.99. The van der Waals surface area contributed by atoms with Gasteiger partial charge in [-0.05, 0) is 52.9 Å². The summed E-state index contributed by atoms with van der Waals surface area (Å²) in [6.07, 6.45) is 5.49. The summed E-state index contributed by atoms with van der Waals surface area (Å²) in [6, 6.07) is 0. The summed E-state index contributed by atoms with van der Waals surface area (Å²) in [6.45, 7) is 10.2. The van der Waals surface area contributed by atoms with Gasteiger partial charge in [0.15, 0.2) is 0 Å². The first kappa shape index (κ1) is 13.1. The van der Waals surface area contributed by atoms with E-state index in [1.807, 2.05) is 0 Å². The lowest BCUT2D eigenvalue weighted by atomic mass is 9.80. The number of hydroxylamine groups is 2. The van der Waals surface area contributed by atoms with Gasteiger partial charge >= 0.3 is 0 Å².